The maximum atomic E-state index is 12.7. The van der Waals surface area contributed by atoms with Gasteiger partial charge in [-0.3, -0.25) is 4.79 Å². The third-order valence-corrected chi connectivity index (χ3v) is 4.09. The van der Waals surface area contributed by atoms with Crippen LogP contribution < -0.4 is 9.47 Å². The van der Waals surface area contributed by atoms with Crippen molar-refractivity contribution >= 4 is 5.91 Å². The van der Waals surface area contributed by atoms with E-state index >= 15 is 0 Å². The Hall–Kier alpha value is -3.80. The molecule has 2 heterocycles. The highest BCUT2D eigenvalue weighted by Gasteiger charge is 2.19. The summed E-state index contributed by atoms with van der Waals surface area (Å²) >= 11 is 0. The van der Waals surface area contributed by atoms with Crippen LogP contribution in [0.2, 0.25) is 0 Å². The molecular formula is C21H22N4O5. The summed E-state index contributed by atoms with van der Waals surface area (Å²) in [4.78, 5) is 14.3. The van der Waals surface area contributed by atoms with E-state index in [1.807, 2.05) is 13.8 Å². The monoisotopic (exact) mass is 410 g/mol. The summed E-state index contributed by atoms with van der Waals surface area (Å²) in [6.45, 7) is 4.69. The van der Waals surface area contributed by atoms with Gasteiger partial charge in [0.25, 0.3) is 11.8 Å². The molecule has 0 saturated carbocycles. The largest absolute Gasteiger partial charge is 0.490 e. The van der Waals surface area contributed by atoms with Crippen LogP contribution in [0.15, 0.2) is 45.4 Å². The zero-order valence-corrected chi connectivity index (χ0v) is 16.8. The van der Waals surface area contributed by atoms with Crippen molar-refractivity contribution in [2.24, 2.45) is 0 Å². The minimum atomic E-state index is -0.235. The van der Waals surface area contributed by atoms with Gasteiger partial charge in [-0.15, -0.1) is 10.2 Å². The average molecular weight is 410 g/mol. The fourth-order valence-corrected chi connectivity index (χ4v) is 2.74. The molecule has 0 aliphatic heterocycles. The van der Waals surface area contributed by atoms with Crippen molar-refractivity contribution in [3.05, 3.63) is 48.0 Å². The fraction of sp³-hybridized carbons (Fsp3) is 0.333. The molecule has 9 heteroatoms. The maximum absolute atomic E-state index is 12.7. The van der Waals surface area contributed by atoms with Crippen molar-refractivity contribution in [1.82, 2.24) is 15.1 Å². The summed E-state index contributed by atoms with van der Waals surface area (Å²) in [6.07, 6.45) is 2.27. The lowest BCUT2D eigenvalue weighted by atomic mass is 10.2. The van der Waals surface area contributed by atoms with Crippen molar-refractivity contribution in [2.45, 2.75) is 26.8 Å². The standard InChI is InChI=1S/C21H22N4O5/c1-3-9-25(13-19-23-24-21(30-19)17-6-5-10-28-17)20(26)14-29-16-8-7-15(12-22)11-18(16)27-4-2/h5-8,10-11H,3-4,9,13-14H2,1-2H3. The Morgan fingerprint density at radius 1 is 1.20 bits per heavy atom. The van der Waals surface area contributed by atoms with Gasteiger partial charge in [0.15, 0.2) is 23.9 Å². The van der Waals surface area contributed by atoms with E-state index in [9.17, 15) is 4.79 Å². The number of benzene rings is 1. The van der Waals surface area contributed by atoms with Crippen molar-refractivity contribution in [1.29, 1.82) is 5.26 Å². The number of nitriles is 1. The summed E-state index contributed by atoms with van der Waals surface area (Å²) < 4.78 is 22.0. The van der Waals surface area contributed by atoms with Crippen molar-refractivity contribution in [3.63, 3.8) is 0 Å². The van der Waals surface area contributed by atoms with E-state index in [1.54, 1.807) is 35.2 Å². The third-order valence-electron chi connectivity index (χ3n) is 4.09. The predicted octanol–water partition coefficient (Wildman–Crippen LogP) is 3.42. The number of hydrogen-bond donors (Lipinski definition) is 0. The molecule has 30 heavy (non-hydrogen) atoms. The summed E-state index contributed by atoms with van der Waals surface area (Å²) in [5.41, 5.74) is 0.452. The molecule has 2 aromatic heterocycles. The van der Waals surface area contributed by atoms with Gasteiger partial charge in [-0.1, -0.05) is 6.92 Å². The van der Waals surface area contributed by atoms with Gasteiger partial charge in [-0.05, 0) is 37.6 Å². The van der Waals surface area contributed by atoms with Crippen LogP contribution in [-0.4, -0.2) is 40.8 Å². The average Bonchev–Trinajstić information content (AvgIpc) is 3.44. The molecule has 9 nitrogen and oxygen atoms in total. The second-order valence-corrected chi connectivity index (χ2v) is 6.29. The van der Waals surface area contributed by atoms with Gasteiger partial charge in [0.2, 0.25) is 5.89 Å². The second-order valence-electron chi connectivity index (χ2n) is 6.29. The Morgan fingerprint density at radius 2 is 2.07 bits per heavy atom. The quantitative estimate of drug-likeness (QED) is 0.499. The van der Waals surface area contributed by atoms with Crippen LogP contribution in [0.25, 0.3) is 11.7 Å². The van der Waals surface area contributed by atoms with E-state index in [0.29, 0.717) is 41.9 Å². The van der Waals surface area contributed by atoms with Gasteiger partial charge in [0.1, 0.15) is 0 Å². The van der Waals surface area contributed by atoms with Gasteiger partial charge in [0, 0.05) is 12.6 Å². The Morgan fingerprint density at radius 3 is 2.77 bits per heavy atom. The summed E-state index contributed by atoms with van der Waals surface area (Å²) in [6, 6.07) is 10.3. The number of rotatable bonds is 10. The first kappa shape index (κ1) is 20.9. The maximum Gasteiger partial charge on any atom is 0.283 e. The van der Waals surface area contributed by atoms with Crippen LogP contribution in [-0.2, 0) is 11.3 Å². The zero-order chi connectivity index (χ0) is 21.3. The highest BCUT2D eigenvalue weighted by molar-refractivity contribution is 5.77. The van der Waals surface area contributed by atoms with E-state index in [4.69, 9.17) is 23.6 Å². The Balaban J connectivity index is 1.65. The first-order valence-electron chi connectivity index (χ1n) is 9.58. The van der Waals surface area contributed by atoms with Crippen LogP contribution in [0.5, 0.6) is 11.5 Å². The lowest BCUT2D eigenvalue weighted by Crippen LogP contribution is -2.35. The van der Waals surface area contributed by atoms with E-state index in [1.165, 1.54) is 6.26 Å². The lowest BCUT2D eigenvalue weighted by Gasteiger charge is -2.21. The number of carbonyl (C=O) groups is 1. The summed E-state index contributed by atoms with van der Waals surface area (Å²) in [5, 5.41) is 17.0. The van der Waals surface area contributed by atoms with Gasteiger partial charge in [-0.25, -0.2) is 0 Å². The Kier molecular flexibility index (Phi) is 7.05. The SMILES string of the molecule is CCCN(Cc1nnc(-c2ccco2)o1)C(=O)COc1ccc(C#N)cc1OCC. The molecule has 0 atom stereocenters. The summed E-state index contributed by atoms with van der Waals surface area (Å²) in [5.74, 6) is 1.62. The van der Waals surface area contributed by atoms with Crippen LogP contribution in [0, 0.1) is 11.3 Å². The van der Waals surface area contributed by atoms with Crippen molar-refractivity contribution in [2.75, 3.05) is 19.8 Å². The molecule has 0 unspecified atom stereocenters. The molecule has 0 bridgehead atoms. The smallest absolute Gasteiger partial charge is 0.283 e. The highest BCUT2D eigenvalue weighted by Crippen LogP contribution is 2.28. The molecule has 0 aliphatic rings. The molecule has 156 valence electrons. The first-order chi connectivity index (χ1) is 14.6. The summed E-state index contributed by atoms with van der Waals surface area (Å²) in [7, 11) is 0. The molecule has 0 fully saturated rings. The van der Waals surface area contributed by atoms with Gasteiger partial charge >= 0.3 is 0 Å². The van der Waals surface area contributed by atoms with E-state index in [2.05, 4.69) is 16.3 Å². The number of amides is 1. The van der Waals surface area contributed by atoms with Crippen molar-refractivity contribution in [3.8, 4) is 29.2 Å². The second kappa shape index (κ2) is 10.1. The molecule has 3 rings (SSSR count). The van der Waals surface area contributed by atoms with Crippen LogP contribution >= 0.6 is 0 Å². The first-order valence-corrected chi connectivity index (χ1v) is 9.58. The number of nitrogens with zero attached hydrogens (tertiary/aromatic N) is 4. The Bertz CT molecular complexity index is 1010. The topological polar surface area (TPSA) is 115 Å². The van der Waals surface area contributed by atoms with E-state index < -0.39 is 0 Å². The third kappa shape index (κ3) is 5.17. The Labute approximate surface area is 173 Å². The molecule has 0 radical (unpaired) electrons. The molecule has 1 aromatic carbocycles. The van der Waals surface area contributed by atoms with Crippen LogP contribution in [0.4, 0.5) is 0 Å². The van der Waals surface area contributed by atoms with Crippen LogP contribution in [0.1, 0.15) is 31.7 Å². The molecule has 1 amide bonds. The molecule has 3 aromatic rings. The molecule has 0 aliphatic carbocycles. The van der Waals surface area contributed by atoms with Crippen LogP contribution in [0.3, 0.4) is 0 Å². The number of aromatic nitrogens is 2. The molecule has 0 N–H and O–H groups in total. The van der Waals surface area contributed by atoms with Gasteiger partial charge < -0.3 is 23.2 Å². The van der Waals surface area contributed by atoms with Gasteiger partial charge in [0.05, 0.1) is 31.0 Å². The van der Waals surface area contributed by atoms with Gasteiger partial charge in [-0.2, -0.15) is 5.26 Å². The van der Waals surface area contributed by atoms with E-state index in [-0.39, 0.29) is 24.9 Å². The number of ether oxygens (including phenoxy) is 2. The molecular weight excluding hydrogens is 388 g/mol. The fourth-order valence-electron chi connectivity index (χ4n) is 2.74. The molecule has 0 spiro atoms. The van der Waals surface area contributed by atoms with Crippen molar-refractivity contribution < 1.29 is 23.1 Å². The van der Waals surface area contributed by atoms with E-state index in [0.717, 1.165) is 6.42 Å². The minimum absolute atomic E-state index is 0.162. The highest BCUT2D eigenvalue weighted by atomic mass is 16.5. The number of furan rings is 1. The lowest BCUT2D eigenvalue weighted by molar-refractivity contribution is -0.134. The minimum Gasteiger partial charge on any atom is -0.490 e. The predicted molar refractivity (Wildman–Crippen MR) is 106 cm³/mol. The number of carbonyl (C=O) groups excluding carboxylic acids is 1. The molecule has 0 saturated heterocycles. The zero-order valence-electron chi connectivity index (χ0n) is 16.8. The number of hydrogen-bond acceptors (Lipinski definition) is 8. The normalized spacial score (nSPS) is 10.4.